The molecule has 3 fully saturated rings. The Hall–Kier alpha value is 0.410. The van der Waals surface area contributed by atoms with Crippen LogP contribution in [0.1, 0.15) is 46.5 Å². The maximum atomic E-state index is 12.0. The van der Waals surface area contributed by atoms with E-state index in [0.717, 1.165) is 6.42 Å². The Morgan fingerprint density at radius 3 is 2.25 bits per heavy atom. The predicted octanol–water partition coefficient (Wildman–Crippen LogP) is 3.71. The third-order valence-electron chi connectivity index (χ3n) is 3.67. The number of hydrogen-bond donors (Lipinski definition) is 0. The number of hydrogen-bond acceptors (Lipinski definition) is 4. The second kappa shape index (κ2) is 5.56. The van der Waals surface area contributed by atoms with Gasteiger partial charge in [0.25, 0.3) is 0 Å². The molecule has 0 saturated heterocycles. The van der Waals surface area contributed by atoms with E-state index >= 15 is 0 Å². The fourth-order valence-corrected chi connectivity index (χ4v) is 8.52. The number of carbonyl (C=O) groups excluding carboxylic acids is 2. The summed E-state index contributed by atoms with van der Waals surface area (Å²) in [7, 11) is 1.40. The average Bonchev–Trinajstić information content (AvgIpc) is 2.20. The second-order valence-corrected chi connectivity index (χ2v) is 12.1. The Bertz CT molecular complexity index is 410. The van der Waals surface area contributed by atoms with Crippen molar-refractivity contribution < 1.29 is 38.8 Å². The van der Waals surface area contributed by atoms with Crippen molar-refractivity contribution in [3.63, 3.8) is 0 Å². The van der Waals surface area contributed by atoms with Crippen molar-refractivity contribution in [1.82, 2.24) is 0 Å². The number of rotatable bonds is 5. The molecule has 3 aliphatic rings. The van der Waals surface area contributed by atoms with Crippen LogP contribution in [0.25, 0.3) is 0 Å². The van der Waals surface area contributed by atoms with Gasteiger partial charge in [0.05, 0.1) is 0 Å². The molecule has 0 amide bonds. The molecule has 1 atom stereocenters. The standard InChI is InChI=1S/C9H12IO2.C5H9O2.Au/c1-12-7(11)2-3-8-4-9(10,5-8)6-8;1-5(2,3)7-4-6;/h2H,3-6H2,1H3;1-3H3;. The van der Waals surface area contributed by atoms with E-state index in [1.54, 1.807) is 0 Å². The zero-order chi connectivity index (χ0) is 15.2. The molecular formula is C14H21AuIO4. The van der Waals surface area contributed by atoms with Crippen molar-refractivity contribution in [3.05, 3.63) is 0 Å². The fraction of sp³-hybridized carbons (Fsp3) is 0.857. The zero-order valence-electron chi connectivity index (χ0n) is 12.2. The molecule has 20 heavy (non-hydrogen) atoms. The van der Waals surface area contributed by atoms with Crippen molar-refractivity contribution in [2.75, 3.05) is 7.11 Å². The van der Waals surface area contributed by atoms with Gasteiger partial charge in [0.1, 0.15) is 0 Å². The monoisotopic (exact) mass is 577 g/mol. The number of ether oxygens (including phenoxy) is 2. The Morgan fingerprint density at radius 1 is 1.30 bits per heavy atom. The number of carbonyl (C=O) groups is 2. The van der Waals surface area contributed by atoms with Crippen molar-refractivity contribution in [1.29, 1.82) is 0 Å². The van der Waals surface area contributed by atoms with Gasteiger partial charge in [0.2, 0.25) is 0 Å². The molecule has 0 aromatic rings. The van der Waals surface area contributed by atoms with Gasteiger partial charge in [-0.05, 0) is 0 Å². The third-order valence-corrected chi connectivity index (χ3v) is 7.25. The summed E-state index contributed by atoms with van der Waals surface area (Å²) in [5.74, 6) is -0.246. The van der Waals surface area contributed by atoms with Crippen LogP contribution in [0.15, 0.2) is 0 Å². The van der Waals surface area contributed by atoms with Crippen LogP contribution in [0.4, 0.5) is 4.79 Å². The van der Waals surface area contributed by atoms with Gasteiger partial charge >= 0.3 is 144 Å². The van der Waals surface area contributed by atoms with E-state index in [0.29, 0.717) is 8.84 Å². The molecule has 0 aliphatic heterocycles. The molecule has 2 bridgehead atoms. The summed E-state index contributed by atoms with van der Waals surface area (Å²) in [6.07, 6.45) is 4.35. The Morgan fingerprint density at radius 2 is 1.85 bits per heavy atom. The van der Waals surface area contributed by atoms with Crippen molar-refractivity contribution >= 4 is 32.7 Å². The minimum absolute atomic E-state index is 0.219. The summed E-state index contributed by atoms with van der Waals surface area (Å²) in [5, 5.41) is 0. The zero-order valence-corrected chi connectivity index (χ0v) is 16.5. The van der Waals surface area contributed by atoms with Gasteiger partial charge in [-0.3, -0.25) is 0 Å². The van der Waals surface area contributed by atoms with E-state index in [9.17, 15) is 9.59 Å². The number of esters is 1. The number of methoxy groups -OCH3 is 1. The van der Waals surface area contributed by atoms with Crippen LogP contribution in [0.2, 0.25) is 4.14 Å². The summed E-state index contributed by atoms with van der Waals surface area (Å²) in [4.78, 5) is 23.9. The topological polar surface area (TPSA) is 52.6 Å². The molecule has 119 valence electrons. The second-order valence-electron chi connectivity index (χ2n) is 6.83. The van der Waals surface area contributed by atoms with Crippen LogP contribution in [0, 0.1) is 5.41 Å². The van der Waals surface area contributed by atoms with Crippen molar-refractivity contribution in [2.45, 2.75) is 59.6 Å². The molecule has 3 rings (SSSR count). The van der Waals surface area contributed by atoms with Gasteiger partial charge in [-0.15, -0.1) is 0 Å². The Labute approximate surface area is 143 Å². The first kappa shape index (κ1) is 16.8. The van der Waals surface area contributed by atoms with E-state index in [1.165, 1.54) is 26.4 Å². The normalized spacial score (nSPS) is 32.9. The molecule has 0 spiro atoms. The molecule has 0 N–H and O–H groups in total. The van der Waals surface area contributed by atoms with E-state index in [-0.39, 0.29) is 14.3 Å². The van der Waals surface area contributed by atoms with Gasteiger partial charge in [-0.1, -0.05) is 0 Å². The van der Waals surface area contributed by atoms with Gasteiger partial charge in [0.15, 0.2) is 0 Å². The Balaban J connectivity index is 1.91. The first-order valence-corrected chi connectivity index (χ1v) is 10.0. The molecule has 3 aliphatic carbocycles. The first-order chi connectivity index (χ1) is 9.06. The molecule has 3 saturated carbocycles. The van der Waals surface area contributed by atoms with Gasteiger partial charge in [0, 0.05) is 0 Å². The van der Waals surface area contributed by atoms with Gasteiger partial charge in [-0.25, -0.2) is 0 Å². The number of alkyl halides is 1. The van der Waals surface area contributed by atoms with Crippen LogP contribution < -0.4 is 0 Å². The van der Waals surface area contributed by atoms with E-state index in [2.05, 4.69) is 22.6 Å². The maximum absolute atomic E-state index is 12.0. The SMILES string of the molecule is COC(=O)[C@@H](CC12CC(I)(C1)C2)[Au][C](=O)OC(C)(C)C. The van der Waals surface area contributed by atoms with E-state index in [4.69, 9.17) is 9.47 Å². The third kappa shape index (κ3) is 3.78. The fourth-order valence-electron chi connectivity index (χ4n) is 3.01. The van der Waals surface area contributed by atoms with Crippen LogP contribution in [0.3, 0.4) is 0 Å². The average molecular weight is 577 g/mol. The van der Waals surface area contributed by atoms with Crippen molar-refractivity contribution in [2.24, 2.45) is 5.41 Å². The predicted molar refractivity (Wildman–Crippen MR) is 79.7 cm³/mol. The molecule has 6 heteroatoms. The summed E-state index contributed by atoms with van der Waals surface area (Å²) in [6, 6.07) is 0. The molecule has 0 radical (unpaired) electrons. The van der Waals surface area contributed by atoms with Crippen molar-refractivity contribution in [3.8, 4) is 0 Å². The van der Waals surface area contributed by atoms with E-state index in [1.807, 2.05) is 20.8 Å². The summed E-state index contributed by atoms with van der Waals surface area (Å²) >= 11 is 1.66. The van der Waals surface area contributed by atoms with Gasteiger partial charge in [-0.2, -0.15) is 0 Å². The van der Waals surface area contributed by atoms with Gasteiger partial charge < -0.3 is 0 Å². The van der Waals surface area contributed by atoms with E-state index < -0.39 is 25.4 Å². The molecular weight excluding hydrogens is 556 g/mol. The summed E-state index contributed by atoms with van der Waals surface area (Å²) < 4.78 is 10.2. The molecule has 0 unspecified atom stereocenters. The summed E-state index contributed by atoms with van der Waals surface area (Å²) in [5.41, 5.74) is -0.185. The molecule has 0 heterocycles. The first-order valence-electron chi connectivity index (χ1n) is 6.61. The quantitative estimate of drug-likeness (QED) is 0.217. The Kier molecular flexibility index (Phi) is 4.66. The molecule has 0 aromatic heterocycles. The molecule has 4 nitrogen and oxygen atoms in total. The van der Waals surface area contributed by atoms with Crippen LogP contribution >= 0.6 is 22.6 Å². The van der Waals surface area contributed by atoms with Crippen LogP contribution in [-0.4, -0.2) is 26.3 Å². The van der Waals surface area contributed by atoms with Crippen LogP contribution in [-0.2, 0) is 34.0 Å². The number of halogens is 1. The molecule has 0 aromatic carbocycles. The summed E-state index contributed by atoms with van der Waals surface area (Å²) in [6.45, 7) is 5.54. The minimum atomic E-state index is -0.856. The van der Waals surface area contributed by atoms with Crippen LogP contribution in [0.5, 0.6) is 0 Å².